The molecule has 0 aromatic heterocycles. The van der Waals surface area contributed by atoms with Crippen molar-refractivity contribution in [3.63, 3.8) is 0 Å². The molecule has 3 rings (SSSR count). The maximum Gasteiger partial charge on any atom is 0.251 e. The average molecular weight is 392 g/mol. The molecular weight excluding hydrogens is 366 g/mol. The Kier molecular flexibility index (Phi) is 7.59. The van der Waals surface area contributed by atoms with E-state index in [4.69, 9.17) is 10.5 Å². The molecule has 2 atom stereocenters. The molecule has 2 aromatic rings. The zero-order valence-electron chi connectivity index (χ0n) is 15.4. The van der Waals surface area contributed by atoms with Gasteiger partial charge in [-0.15, -0.1) is 12.4 Å². The Balaban J connectivity index is 0.00000261. The first-order valence-electron chi connectivity index (χ1n) is 8.91. The molecule has 2 aromatic carbocycles. The number of ether oxygens (including phenoxy) is 1. The number of nitrogens with one attached hydrogen (secondary N) is 1. The molecule has 146 valence electrons. The van der Waals surface area contributed by atoms with Crippen LogP contribution in [0.5, 0.6) is 0 Å². The van der Waals surface area contributed by atoms with E-state index >= 15 is 0 Å². The van der Waals surface area contributed by atoms with Gasteiger partial charge in [-0.2, -0.15) is 0 Å². The first-order chi connectivity index (χ1) is 12.6. The van der Waals surface area contributed by atoms with Crippen molar-refractivity contribution in [2.45, 2.75) is 24.9 Å². The number of nitrogens with two attached hydrogens (primary N) is 1. The standard InChI is InChI=1S/C20H25N3O3.ClH/c1-26-13-18(21)20(25)23-10-4-7-17(12-23)22-19(24)16-9-8-14-5-2-3-6-15(14)11-16;/h2-3,5-6,8-9,11,17-18H,4,7,10,12-13,21H2,1H3,(H,22,24);1H. The van der Waals surface area contributed by atoms with E-state index in [0.29, 0.717) is 18.7 Å². The third kappa shape index (κ3) is 5.19. The summed E-state index contributed by atoms with van der Waals surface area (Å²) in [6.45, 7) is 1.34. The summed E-state index contributed by atoms with van der Waals surface area (Å²) in [7, 11) is 1.52. The summed E-state index contributed by atoms with van der Waals surface area (Å²) < 4.78 is 4.96. The number of hydrogen-bond donors (Lipinski definition) is 2. The van der Waals surface area contributed by atoms with Crippen molar-refractivity contribution in [2.24, 2.45) is 5.73 Å². The minimum Gasteiger partial charge on any atom is -0.383 e. The molecule has 0 spiro atoms. The number of methoxy groups -OCH3 is 1. The minimum atomic E-state index is -0.657. The van der Waals surface area contributed by atoms with Crippen LogP contribution in [0.15, 0.2) is 42.5 Å². The Morgan fingerprint density at radius 2 is 2.00 bits per heavy atom. The number of amides is 2. The second-order valence-corrected chi connectivity index (χ2v) is 6.72. The van der Waals surface area contributed by atoms with E-state index < -0.39 is 6.04 Å². The fourth-order valence-electron chi connectivity index (χ4n) is 3.38. The Hall–Kier alpha value is -2.15. The molecule has 0 saturated carbocycles. The summed E-state index contributed by atoms with van der Waals surface area (Å²) >= 11 is 0. The molecule has 1 aliphatic heterocycles. The minimum absolute atomic E-state index is 0. The van der Waals surface area contributed by atoms with Gasteiger partial charge in [0.25, 0.3) is 5.91 Å². The molecule has 3 N–H and O–H groups in total. The topological polar surface area (TPSA) is 84.7 Å². The summed E-state index contributed by atoms with van der Waals surface area (Å²) in [6.07, 6.45) is 1.69. The zero-order chi connectivity index (χ0) is 18.5. The highest BCUT2D eigenvalue weighted by Crippen LogP contribution is 2.17. The largest absolute Gasteiger partial charge is 0.383 e. The van der Waals surface area contributed by atoms with Crippen molar-refractivity contribution in [3.8, 4) is 0 Å². The maximum absolute atomic E-state index is 12.6. The molecule has 0 aliphatic carbocycles. The van der Waals surface area contributed by atoms with Gasteiger partial charge >= 0.3 is 0 Å². The molecule has 0 bridgehead atoms. The van der Waals surface area contributed by atoms with E-state index in [1.165, 1.54) is 7.11 Å². The van der Waals surface area contributed by atoms with Gasteiger partial charge < -0.3 is 20.7 Å². The summed E-state index contributed by atoms with van der Waals surface area (Å²) in [4.78, 5) is 26.7. The Morgan fingerprint density at radius 1 is 1.26 bits per heavy atom. The average Bonchev–Trinajstić information content (AvgIpc) is 2.67. The van der Waals surface area contributed by atoms with Crippen LogP contribution in [0.3, 0.4) is 0 Å². The highest BCUT2D eigenvalue weighted by atomic mass is 35.5. The van der Waals surface area contributed by atoms with E-state index in [2.05, 4.69) is 5.32 Å². The van der Waals surface area contributed by atoms with Crippen molar-refractivity contribution in [3.05, 3.63) is 48.0 Å². The third-order valence-electron chi connectivity index (χ3n) is 4.74. The highest BCUT2D eigenvalue weighted by molar-refractivity contribution is 5.98. The molecule has 6 nitrogen and oxygen atoms in total. The monoisotopic (exact) mass is 391 g/mol. The van der Waals surface area contributed by atoms with Gasteiger partial charge in [-0.3, -0.25) is 9.59 Å². The van der Waals surface area contributed by atoms with Crippen LogP contribution < -0.4 is 11.1 Å². The van der Waals surface area contributed by atoms with Gasteiger partial charge in [-0.1, -0.05) is 30.3 Å². The molecule has 27 heavy (non-hydrogen) atoms. The van der Waals surface area contributed by atoms with Crippen molar-refractivity contribution in [2.75, 3.05) is 26.8 Å². The second kappa shape index (κ2) is 9.69. The zero-order valence-corrected chi connectivity index (χ0v) is 16.2. The van der Waals surface area contributed by atoms with Crippen molar-refractivity contribution in [1.29, 1.82) is 0 Å². The number of carbonyl (C=O) groups excluding carboxylic acids is 2. The maximum atomic E-state index is 12.6. The number of benzene rings is 2. The van der Waals surface area contributed by atoms with Crippen LogP contribution >= 0.6 is 12.4 Å². The van der Waals surface area contributed by atoms with E-state index in [-0.39, 0.29) is 36.9 Å². The van der Waals surface area contributed by atoms with Crippen LogP contribution in [0, 0.1) is 0 Å². The van der Waals surface area contributed by atoms with Crippen molar-refractivity contribution < 1.29 is 14.3 Å². The number of fused-ring (bicyclic) bond motifs is 1. The van der Waals surface area contributed by atoms with Crippen molar-refractivity contribution >= 4 is 35.0 Å². The molecule has 1 saturated heterocycles. The van der Waals surface area contributed by atoms with E-state index in [1.54, 1.807) is 4.90 Å². The van der Waals surface area contributed by atoms with E-state index in [1.807, 2.05) is 42.5 Å². The number of carbonyl (C=O) groups is 2. The quantitative estimate of drug-likeness (QED) is 0.815. The fourth-order valence-corrected chi connectivity index (χ4v) is 3.38. The lowest BCUT2D eigenvalue weighted by Gasteiger charge is -2.34. The molecule has 7 heteroatoms. The summed E-state index contributed by atoms with van der Waals surface area (Å²) in [6, 6.07) is 12.9. The van der Waals surface area contributed by atoms with Gasteiger partial charge in [-0.25, -0.2) is 0 Å². The molecule has 1 fully saturated rings. The van der Waals surface area contributed by atoms with Crippen LogP contribution in [0.1, 0.15) is 23.2 Å². The van der Waals surface area contributed by atoms with Crippen LogP contribution in [0.4, 0.5) is 0 Å². The van der Waals surface area contributed by atoms with Gasteiger partial charge in [-0.05, 0) is 35.7 Å². The predicted octanol–water partition coefficient (Wildman–Crippen LogP) is 1.96. The normalized spacial score (nSPS) is 17.9. The van der Waals surface area contributed by atoms with E-state index in [9.17, 15) is 9.59 Å². The summed E-state index contributed by atoms with van der Waals surface area (Å²) in [5.74, 6) is -0.243. The summed E-state index contributed by atoms with van der Waals surface area (Å²) in [5.41, 5.74) is 6.47. The van der Waals surface area contributed by atoms with Gasteiger partial charge in [0.05, 0.1) is 6.61 Å². The number of piperidine rings is 1. The van der Waals surface area contributed by atoms with Crippen LogP contribution in [-0.2, 0) is 9.53 Å². The molecule has 2 unspecified atom stereocenters. The van der Waals surface area contributed by atoms with Gasteiger partial charge in [0.2, 0.25) is 5.91 Å². The number of likely N-dealkylation sites (tertiary alicyclic amines) is 1. The smallest absolute Gasteiger partial charge is 0.251 e. The van der Waals surface area contributed by atoms with Crippen LogP contribution in [-0.4, -0.2) is 55.6 Å². The summed E-state index contributed by atoms with van der Waals surface area (Å²) in [5, 5.41) is 5.19. The third-order valence-corrected chi connectivity index (χ3v) is 4.74. The fraction of sp³-hybridized carbons (Fsp3) is 0.400. The molecular formula is C20H26ClN3O3. The van der Waals surface area contributed by atoms with E-state index in [0.717, 1.165) is 23.6 Å². The van der Waals surface area contributed by atoms with Crippen LogP contribution in [0.2, 0.25) is 0 Å². The lowest BCUT2D eigenvalue weighted by Crippen LogP contribution is -2.54. The molecule has 2 amide bonds. The first-order valence-corrected chi connectivity index (χ1v) is 8.91. The number of halogens is 1. The predicted molar refractivity (Wildman–Crippen MR) is 108 cm³/mol. The SMILES string of the molecule is COCC(N)C(=O)N1CCCC(NC(=O)c2ccc3ccccc3c2)C1.Cl. The Bertz CT molecular complexity index is 799. The number of nitrogens with zero attached hydrogens (tertiary/aromatic N) is 1. The lowest BCUT2D eigenvalue weighted by molar-refractivity contribution is -0.135. The van der Waals surface area contributed by atoms with Gasteiger partial charge in [0.15, 0.2) is 0 Å². The Labute approximate surface area is 165 Å². The van der Waals surface area contributed by atoms with Gasteiger partial charge in [0.1, 0.15) is 6.04 Å². The molecule has 1 aliphatic rings. The van der Waals surface area contributed by atoms with Crippen molar-refractivity contribution in [1.82, 2.24) is 10.2 Å². The number of hydrogen-bond acceptors (Lipinski definition) is 4. The van der Waals surface area contributed by atoms with Crippen LogP contribution in [0.25, 0.3) is 10.8 Å². The molecule has 0 radical (unpaired) electrons. The Morgan fingerprint density at radius 3 is 2.74 bits per heavy atom. The lowest BCUT2D eigenvalue weighted by atomic mass is 10.0. The molecule has 1 heterocycles. The second-order valence-electron chi connectivity index (χ2n) is 6.72. The first kappa shape index (κ1) is 21.2. The van der Waals surface area contributed by atoms with Gasteiger partial charge in [0, 0.05) is 31.8 Å². The number of rotatable bonds is 5. The highest BCUT2D eigenvalue weighted by Gasteiger charge is 2.28.